The van der Waals surface area contributed by atoms with Crippen LogP contribution >= 0.6 is 11.8 Å². The average molecular weight is 345 g/mol. The van der Waals surface area contributed by atoms with Crippen molar-refractivity contribution < 1.29 is 13.9 Å². The Morgan fingerprint density at radius 2 is 2.08 bits per heavy atom. The molecule has 0 spiro atoms. The summed E-state index contributed by atoms with van der Waals surface area (Å²) in [4.78, 5) is 13.5. The number of hydrogen-bond acceptors (Lipinski definition) is 3. The molecule has 1 aliphatic rings. The fourth-order valence-electron chi connectivity index (χ4n) is 2.68. The van der Waals surface area contributed by atoms with Gasteiger partial charge in [-0.05, 0) is 60.9 Å². The zero-order valence-electron chi connectivity index (χ0n) is 13.5. The Morgan fingerprint density at radius 1 is 1.29 bits per heavy atom. The first-order valence-electron chi connectivity index (χ1n) is 8.13. The van der Waals surface area contributed by atoms with Gasteiger partial charge in [0.15, 0.2) is 0 Å². The lowest BCUT2D eigenvalue weighted by molar-refractivity contribution is 0.0935. The zero-order chi connectivity index (χ0) is 16.9. The van der Waals surface area contributed by atoms with Gasteiger partial charge in [0, 0.05) is 16.2 Å². The zero-order valence-corrected chi connectivity index (χ0v) is 14.4. The van der Waals surface area contributed by atoms with Gasteiger partial charge in [-0.3, -0.25) is 4.79 Å². The van der Waals surface area contributed by atoms with Crippen LogP contribution in [0, 0.1) is 5.82 Å². The lowest BCUT2D eigenvalue weighted by atomic mass is 10.0. The molecule has 2 aromatic carbocycles. The fourth-order valence-corrected chi connectivity index (χ4v) is 3.78. The Kier molecular flexibility index (Phi) is 5.41. The molecule has 1 amide bonds. The van der Waals surface area contributed by atoms with Crippen LogP contribution in [0.1, 0.15) is 41.7 Å². The normalized spacial score (nSPS) is 16.3. The van der Waals surface area contributed by atoms with E-state index in [9.17, 15) is 9.18 Å². The van der Waals surface area contributed by atoms with Crippen molar-refractivity contribution in [3.8, 4) is 5.75 Å². The highest BCUT2D eigenvalue weighted by atomic mass is 32.2. The van der Waals surface area contributed by atoms with Crippen LogP contribution in [0.2, 0.25) is 0 Å². The smallest absolute Gasteiger partial charge is 0.251 e. The number of carbonyl (C=O) groups is 1. The maximum atomic E-state index is 13.5. The van der Waals surface area contributed by atoms with Gasteiger partial charge in [-0.2, -0.15) is 0 Å². The molecule has 1 N–H and O–H groups in total. The van der Waals surface area contributed by atoms with Crippen molar-refractivity contribution in [1.29, 1.82) is 0 Å². The molecule has 2 aromatic rings. The van der Waals surface area contributed by atoms with Crippen molar-refractivity contribution in [2.75, 3.05) is 12.4 Å². The lowest BCUT2D eigenvalue weighted by Crippen LogP contribution is -2.30. The Bertz CT molecular complexity index is 718. The van der Waals surface area contributed by atoms with E-state index < -0.39 is 0 Å². The Labute approximate surface area is 145 Å². The van der Waals surface area contributed by atoms with Crippen LogP contribution in [-0.4, -0.2) is 18.3 Å². The lowest BCUT2D eigenvalue weighted by Gasteiger charge is -2.26. The molecule has 0 aromatic heterocycles. The second-order valence-corrected chi connectivity index (χ2v) is 6.85. The molecule has 0 aliphatic carbocycles. The summed E-state index contributed by atoms with van der Waals surface area (Å²) in [6.07, 6.45) is 1.74. The summed E-state index contributed by atoms with van der Waals surface area (Å²) in [6.45, 7) is 2.71. The standard InChI is InChI=1S/C19H20FNO2S/c1-2-10-23-15-6-3-13(4-7-15)19(22)21-17-9-11-24-18-8-5-14(20)12-16(17)18/h3-8,12,17H,2,9-11H2,1H3,(H,21,22)/t17-/m0/s1. The van der Waals surface area contributed by atoms with Gasteiger partial charge in [-0.25, -0.2) is 4.39 Å². The van der Waals surface area contributed by atoms with E-state index in [1.807, 2.05) is 6.92 Å². The molecule has 24 heavy (non-hydrogen) atoms. The molecule has 5 heteroatoms. The summed E-state index contributed by atoms with van der Waals surface area (Å²) in [7, 11) is 0. The molecule has 0 fully saturated rings. The van der Waals surface area contributed by atoms with Crippen LogP contribution in [0.3, 0.4) is 0 Å². The Hall–Kier alpha value is -2.01. The summed E-state index contributed by atoms with van der Waals surface area (Å²) in [5.74, 6) is 1.25. The van der Waals surface area contributed by atoms with Gasteiger partial charge >= 0.3 is 0 Å². The van der Waals surface area contributed by atoms with Gasteiger partial charge in [0.1, 0.15) is 11.6 Å². The Morgan fingerprint density at radius 3 is 2.83 bits per heavy atom. The van der Waals surface area contributed by atoms with Crippen LogP contribution in [0.5, 0.6) is 5.75 Å². The number of nitrogens with one attached hydrogen (secondary N) is 1. The van der Waals surface area contributed by atoms with E-state index in [1.165, 1.54) is 12.1 Å². The summed E-state index contributed by atoms with van der Waals surface area (Å²) < 4.78 is 19.1. The molecule has 1 aliphatic heterocycles. The van der Waals surface area contributed by atoms with Crippen molar-refractivity contribution in [1.82, 2.24) is 5.32 Å². The third-order valence-corrected chi connectivity index (χ3v) is 5.03. The van der Waals surface area contributed by atoms with Gasteiger partial charge in [-0.1, -0.05) is 6.92 Å². The van der Waals surface area contributed by atoms with E-state index >= 15 is 0 Å². The third kappa shape index (κ3) is 3.90. The molecule has 0 bridgehead atoms. The van der Waals surface area contributed by atoms with Crippen molar-refractivity contribution in [2.24, 2.45) is 0 Å². The summed E-state index contributed by atoms with van der Waals surface area (Å²) in [5, 5.41) is 3.02. The number of thioether (sulfide) groups is 1. The minimum atomic E-state index is -0.270. The number of rotatable bonds is 5. The maximum absolute atomic E-state index is 13.5. The van der Waals surface area contributed by atoms with E-state index in [0.717, 1.165) is 34.8 Å². The topological polar surface area (TPSA) is 38.3 Å². The minimum absolute atomic E-state index is 0.149. The molecule has 0 unspecified atom stereocenters. The van der Waals surface area contributed by atoms with E-state index in [2.05, 4.69) is 5.32 Å². The highest BCUT2D eigenvalue weighted by molar-refractivity contribution is 7.99. The van der Waals surface area contributed by atoms with Crippen molar-refractivity contribution >= 4 is 17.7 Å². The van der Waals surface area contributed by atoms with Crippen molar-refractivity contribution in [3.05, 3.63) is 59.4 Å². The van der Waals surface area contributed by atoms with Crippen LogP contribution in [-0.2, 0) is 0 Å². The first kappa shape index (κ1) is 16.8. The average Bonchev–Trinajstić information content (AvgIpc) is 2.61. The van der Waals surface area contributed by atoms with Crippen LogP contribution in [0.15, 0.2) is 47.4 Å². The third-order valence-electron chi connectivity index (χ3n) is 3.91. The first-order valence-corrected chi connectivity index (χ1v) is 9.12. The van der Waals surface area contributed by atoms with Gasteiger partial charge in [0.2, 0.25) is 0 Å². The number of benzene rings is 2. The predicted molar refractivity (Wildman–Crippen MR) is 94.2 cm³/mol. The second kappa shape index (κ2) is 7.71. The monoisotopic (exact) mass is 345 g/mol. The number of hydrogen-bond donors (Lipinski definition) is 1. The largest absolute Gasteiger partial charge is 0.494 e. The fraction of sp³-hybridized carbons (Fsp3) is 0.316. The van der Waals surface area contributed by atoms with Crippen molar-refractivity contribution in [3.63, 3.8) is 0 Å². The predicted octanol–water partition coefficient (Wildman–Crippen LogP) is 4.58. The number of halogens is 1. The van der Waals surface area contributed by atoms with Crippen LogP contribution in [0.25, 0.3) is 0 Å². The number of amides is 1. The quantitative estimate of drug-likeness (QED) is 0.862. The van der Waals surface area contributed by atoms with Gasteiger partial charge in [0.25, 0.3) is 5.91 Å². The number of ether oxygens (including phenoxy) is 1. The number of carbonyl (C=O) groups excluding carboxylic acids is 1. The first-order chi connectivity index (χ1) is 11.7. The molecule has 0 saturated heterocycles. The molecule has 0 radical (unpaired) electrons. The van der Waals surface area contributed by atoms with Gasteiger partial charge in [0.05, 0.1) is 12.6 Å². The summed E-state index contributed by atoms with van der Waals surface area (Å²) in [5.41, 5.74) is 1.44. The number of fused-ring (bicyclic) bond motifs is 1. The van der Waals surface area contributed by atoms with Crippen molar-refractivity contribution in [2.45, 2.75) is 30.7 Å². The van der Waals surface area contributed by atoms with E-state index in [-0.39, 0.29) is 17.8 Å². The van der Waals surface area contributed by atoms with Gasteiger partial charge < -0.3 is 10.1 Å². The molecule has 3 nitrogen and oxygen atoms in total. The van der Waals surface area contributed by atoms with E-state index in [0.29, 0.717) is 12.2 Å². The molecule has 3 rings (SSSR count). The highest BCUT2D eigenvalue weighted by Gasteiger charge is 2.23. The van der Waals surface area contributed by atoms with E-state index in [4.69, 9.17) is 4.74 Å². The maximum Gasteiger partial charge on any atom is 0.251 e. The molecular formula is C19H20FNO2S. The highest BCUT2D eigenvalue weighted by Crippen LogP contribution is 2.36. The molecule has 1 atom stereocenters. The Balaban J connectivity index is 1.70. The van der Waals surface area contributed by atoms with Crippen LogP contribution in [0.4, 0.5) is 4.39 Å². The van der Waals surface area contributed by atoms with Gasteiger partial charge in [-0.15, -0.1) is 11.8 Å². The van der Waals surface area contributed by atoms with Crippen LogP contribution < -0.4 is 10.1 Å². The summed E-state index contributed by atoms with van der Waals surface area (Å²) in [6, 6.07) is 11.7. The molecule has 126 valence electrons. The molecular weight excluding hydrogens is 325 g/mol. The summed E-state index contributed by atoms with van der Waals surface area (Å²) >= 11 is 1.70. The minimum Gasteiger partial charge on any atom is -0.494 e. The second-order valence-electron chi connectivity index (χ2n) is 5.72. The SMILES string of the molecule is CCCOc1ccc(C(=O)N[C@H]2CCSc3ccc(F)cc32)cc1. The molecule has 0 saturated carbocycles. The van der Waals surface area contributed by atoms with E-state index in [1.54, 1.807) is 42.1 Å². The molecule has 1 heterocycles.